The molecule has 12 aromatic rings. The van der Waals surface area contributed by atoms with Crippen LogP contribution in [-0.4, -0.2) is 4.57 Å². The lowest BCUT2D eigenvalue weighted by molar-refractivity contribution is 0.670. The molecule has 0 aliphatic carbocycles. The van der Waals surface area contributed by atoms with Gasteiger partial charge in [-0.15, -0.1) is 0 Å². The van der Waals surface area contributed by atoms with Crippen molar-refractivity contribution in [3.05, 3.63) is 242 Å². The Morgan fingerprint density at radius 1 is 0.381 bits per heavy atom. The minimum atomic E-state index is -0.738. The number of hydrogen-bond donors (Lipinski definition) is 0. The zero-order valence-electron chi connectivity index (χ0n) is 48.2. The zero-order valence-corrected chi connectivity index (χ0v) is 33.2. The van der Waals surface area contributed by atoms with Crippen molar-refractivity contribution < 1.29 is 25.0 Å². The number of rotatable bonds is 8. The number of anilines is 3. The minimum Gasteiger partial charge on any atom is -0.455 e. The Hall–Kier alpha value is -8.40. The van der Waals surface area contributed by atoms with Gasteiger partial charge >= 0.3 is 0 Å². The van der Waals surface area contributed by atoms with E-state index < -0.39 is 124 Å². The molecule has 2 heterocycles. The van der Waals surface area contributed by atoms with Crippen molar-refractivity contribution in [2.24, 2.45) is 0 Å². The molecule has 0 radical (unpaired) electrons. The van der Waals surface area contributed by atoms with Gasteiger partial charge in [0.25, 0.3) is 0 Å². The van der Waals surface area contributed by atoms with Crippen molar-refractivity contribution >= 4 is 60.8 Å². The number of benzene rings is 10. The molecule has 0 aliphatic heterocycles. The lowest BCUT2D eigenvalue weighted by Gasteiger charge is -2.26. The molecule has 10 aromatic carbocycles. The highest BCUT2D eigenvalue weighted by Crippen LogP contribution is 2.41. The zero-order chi connectivity index (χ0) is 54.7. The van der Waals surface area contributed by atoms with Crippen LogP contribution in [0, 0.1) is 0 Å². The lowest BCUT2D eigenvalue weighted by atomic mass is 10.0. The Morgan fingerprint density at radius 3 is 1.68 bits per heavy atom. The van der Waals surface area contributed by atoms with Crippen molar-refractivity contribution in [1.82, 2.24) is 4.57 Å². The molecule has 0 N–H and O–H groups in total. The maximum absolute atomic E-state index is 9.67. The summed E-state index contributed by atoms with van der Waals surface area (Å²) in [5, 5.41) is 1.63. The number of hydrogen-bond acceptors (Lipinski definition) is 2. The van der Waals surface area contributed by atoms with Gasteiger partial charge in [0, 0.05) is 49.9 Å². The molecule has 0 amide bonds. The second-order valence-corrected chi connectivity index (χ2v) is 14.9. The first kappa shape index (κ1) is 24.1. The van der Waals surface area contributed by atoms with E-state index in [0.29, 0.717) is 11.4 Å². The highest BCUT2D eigenvalue weighted by atomic mass is 16.3. The summed E-state index contributed by atoms with van der Waals surface area (Å²) in [5.74, 6) is 0. The summed E-state index contributed by atoms with van der Waals surface area (Å²) < 4.78 is 144. The summed E-state index contributed by atoms with van der Waals surface area (Å²) in [4.78, 5) is 1.62. The number of nitrogens with zero attached hydrogens (tertiary/aromatic N) is 2. The second kappa shape index (κ2) is 15.3. The highest BCUT2D eigenvalue weighted by molar-refractivity contribution is 6.11. The SMILES string of the molecule is [2H]c1c([2H])c([2H])c(-c2c([2H])c([2H])c([2H])c3c2oc2c([2H])c(-c4c([2H])c([2H])c(N(c5ccc(-c6ccccc6)cc5)c5ccc(-c6cccc(-n7c8ccccc8c8ccccc87)c6)cc5)c([2H])c4[2H])c([2H])c([2H])c23)c([2H])c1[2H]. The Labute approximate surface area is 387 Å². The van der Waals surface area contributed by atoms with E-state index in [1.807, 2.05) is 115 Å². The maximum atomic E-state index is 9.67. The van der Waals surface area contributed by atoms with Gasteiger partial charge in [-0.05, 0) is 112 Å². The fraction of sp³-hybridized carbons (Fsp3) is 0. The van der Waals surface area contributed by atoms with Crippen LogP contribution in [0.15, 0.2) is 247 Å². The van der Waals surface area contributed by atoms with Crippen LogP contribution in [0.1, 0.15) is 20.6 Å². The third-order valence-corrected chi connectivity index (χ3v) is 11.3. The van der Waals surface area contributed by atoms with Crippen LogP contribution in [0.2, 0.25) is 0 Å². The minimum absolute atomic E-state index is 0.149. The van der Waals surface area contributed by atoms with Crippen LogP contribution in [0.5, 0.6) is 0 Å². The van der Waals surface area contributed by atoms with E-state index in [1.54, 1.807) is 4.90 Å². The van der Waals surface area contributed by atoms with Crippen molar-refractivity contribution in [1.29, 1.82) is 0 Å². The number of aromatic nitrogens is 1. The van der Waals surface area contributed by atoms with Gasteiger partial charge in [0.1, 0.15) is 11.2 Å². The molecular formula is C60H40N2O. The van der Waals surface area contributed by atoms with E-state index in [-0.39, 0.29) is 16.5 Å². The van der Waals surface area contributed by atoms with Gasteiger partial charge < -0.3 is 13.9 Å². The van der Waals surface area contributed by atoms with E-state index in [2.05, 4.69) is 41.0 Å². The van der Waals surface area contributed by atoms with E-state index in [9.17, 15) is 9.60 Å². The normalized spacial score (nSPS) is 14.8. The smallest absolute Gasteiger partial charge is 0.143 e. The molecular weight excluding hydrogens is 765 g/mol. The number of furan rings is 1. The van der Waals surface area contributed by atoms with Crippen LogP contribution < -0.4 is 4.90 Å². The van der Waals surface area contributed by atoms with Gasteiger partial charge in [0.2, 0.25) is 0 Å². The molecule has 0 fully saturated rings. The summed E-state index contributed by atoms with van der Waals surface area (Å²) in [6, 6.07) is 39.3. The van der Waals surface area contributed by atoms with E-state index in [4.69, 9.17) is 15.4 Å². The van der Waals surface area contributed by atoms with Gasteiger partial charge in [0.15, 0.2) is 0 Å². The van der Waals surface area contributed by atoms with Crippen LogP contribution in [0.3, 0.4) is 0 Å². The van der Waals surface area contributed by atoms with Crippen molar-refractivity contribution in [2.75, 3.05) is 4.90 Å². The first-order valence-corrected chi connectivity index (χ1v) is 20.3. The average Bonchev–Trinajstić information content (AvgIpc) is 4.25. The Bertz CT molecular complexity index is 4390. The molecule has 0 unspecified atom stereocenters. The maximum Gasteiger partial charge on any atom is 0.143 e. The van der Waals surface area contributed by atoms with Crippen LogP contribution in [0.25, 0.3) is 93.9 Å². The summed E-state index contributed by atoms with van der Waals surface area (Å²) in [6.45, 7) is 0. The van der Waals surface area contributed by atoms with Gasteiger partial charge in [-0.25, -0.2) is 0 Å². The predicted molar refractivity (Wildman–Crippen MR) is 264 cm³/mol. The van der Waals surface area contributed by atoms with Crippen molar-refractivity contribution in [2.45, 2.75) is 0 Å². The summed E-state index contributed by atoms with van der Waals surface area (Å²) in [7, 11) is 0. The topological polar surface area (TPSA) is 21.3 Å². The Morgan fingerprint density at radius 2 is 0.984 bits per heavy atom. The monoisotopic (exact) mass is 819 g/mol. The van der Waals surface area contributed by atoms with E-state index in [1.165, 1.54) is 0 Å². The number of para-hydroxylation sites is 3. The first-order chi connectivity index (χ1) is 37.5. The summed E-state index contributed by atoms with van der Waals surface area (Å²) in [5.41, 5.74) is 4.67. The van der Waals surface area contributed by atoms with Crippen LogP contribution in [0.4, 0.5) is 17.1 Å². The van der Waals surface area contributed by atoms with Crippen molar-refractivity contribution in [3.63, 3.8) is 0 Å². The summed E-state index contributed by atoms with van der Waals surface area (Å²) in [6.07, 6.45) is 0. The largest absolute Gasteiger partial charge is 0.455 e. The molecule has 0 aliphatic rings. The van der Waals surface area contributed by atoms with Gasteiger partial charge in [0.05, 0.1) is 31.6 Å². The van der Waals surface area contributed by atoms with Gasteiger partial charge in [-0.3, -0.25) is 0 Å². The fourth-order valence-corrected chi connectivity index (χ4v) is 8.30. The molecule has 0 atom stereocenters. The third-order valence-electron chi connectivity index (χ3n) is 11.3. The molecule has 3 heteroatoms. The quantitative estimate of drug-likeness (QED) is 0.152. The average molecular weight is 820 g/mol. The molecule has 63 heavy (non-hydrogen) atoms. The van der Waals surface area contributed by atoms with Gasteiger partial charge in [-0.1, -0.05) is 170 Å². The standard InChI is InChI=1S/C60H40N2O/c1-3-13-41(14-4-1)42-25-32-48(33-26-42)61(49-34-27-43(28-35-49)46-17-11-18-51(39-46)62-57-23-9-7-19-53(57)54-20-8-10-24-58(54)62)50-36-29-44(30-37-50)47-31-38-55-56-22-12-21-52(45-15-5-2-6-16-45)60(56)63-59(55)40-47/h1-40H/i2D,5D,6D,12D,15D,16D,21D,22D,29D,30D,31D,36D,37D,38D,40D. The second-order valence-electron chi connectivity index (χ2n) is 14.9. The number of fused-ring (bicyclic) bond motifs is 6. The molecule has 2 aromatic heterocycles. The summed E-state index contributed by atoms with van der Waals surface area (Å²) >= 11 is 0. The predicted octanol–water partition coefficient (Wildman–Crippen LogP) is 16.8. The highest BCUT2D eigenvalue weighted by Gasteiger charge is 2.17. The fourth-order valence-electron chi connectivity index (χ4n) is 8.30. The molecule has 296 valence electrons. The Balaban J connectivity index is 1.02. The third kappa shape index (κ3) is 6.46. The van der Waals surface area contributed by atoms with E-state index in [0.717, 1.165) is 49.7 Å². The Kier molecular flexibility index (Phi) is 5.85. The first-order valence-electron chi connectivity index (χ1n) is 27.8. The molecule has 0 saturated carbocycles. The molecule has 0 spiro atoms. The lowest BCUT2D eigenvalue weighted by Crippen LogP contribution is -2.09. The molecule has 12 rings (SSSR count). The molecule has 3 nitrogen and oxygen atoms in total. The van der Waals surface area contributed by atoms with Crippen molar-refractivity contribution in [3.8, 4) is 50.2 Å². The van der Waals surface area contributed by atoms with E-state index >= 15 is 0 Å². The van der Waals surface area contributed by atoms with Crippen LogP contribution >= 0.6 is 0 Å². The van der Waals surface area contributed by atoms with Crippen LogP contribution in [-0.2, 0) is 0 Å². The molecule has 0 saturated heterocycles. The van der Waals surface area contributed by atoms with Gasteiger partial charge in [-0.2, -0.15) is 0 Å². The molecule has 0 bridgehead atoms.